The van der Waals surface area contributed by atoms with Crippen LogP contribution in [0.3, 0.4) is 0 Å². The number of halogens is 3. The van der Waals surface area contributed by atoms with Crippen molar-refractivity contribution in [2.75, 3.05) is 31.1 Å². The van der Waals surface area contributed by atoms with Gasteiger partial charge in [-0.15, -0.1) is 0 Å². The first-order valence-corrected chi connectivity index (χ1v) is 8.83. The van der Waals surface area contributed by atoms with Gasteiger partial charge in [0.25, 0.3) is 0 Å². The maximum Gasteiger partial charge on any atom is 0.416 e. The van der Waals surface area contributed by atoms with E-state index in [-0.39, 0.29) is 6.03 Å². The number of carbonyl (C=O) groups is 1. The van der Waals surface area contributed by atoms with Crippen LogP contribution in [0, 0.1) is 6.92 Å². The van der Waals surface area contributed by atoms with Crippen LogP contribution in [0.2, 0.25) is 0 Å². The highest BCUT2D eigenvalue weighted by Crippen LogP contribution is 2.31. The van der Waals surface area contributed by atoms with Crippen LogP contribution in [-0.4, -0.2) is 37.1 Å². The van der Waals surface area contributed by atoms with Gasteiger partial charge in [-0.1, -0.05) is 35.9 Å². The number of hydrogen-bond acceptors (Lipinski definition) is 2. The van der Waals surface area contributed by atoms with E-state index in [0.717, 1.165) is 23.3 Å². The monoisotopic (exact) mass is 377 g/mol. The summed E-state index contributed by atoms with van der Waals surface area (Å²) in [6, 6.07) is 13.1. The van der Waals surface area contributed by atoms with Crippen molar-refractivity contribution in [1.29, 1.82) is 0 Å². The summed E-state index contributed by atoms with van der Waals surface area (Å²) < 4.78 is 38.6. The molecule has 144 valence electrons. The highest BCUT2D eigenvalue weighted by atomic mass is 19.4. The van der Waals surface area contributed by atoms with Crippen molar-refractivity contribution in [2.24, 2.45) is 0 Å². The summed E-state index contributed by atoms with van der Waals surface area (Å²) in [5.74, 6) is 0. The molecule has 3 rings (SSSR count). The van der Waals surface area contributed by atoms with Gasteiger partial charge < -0.3 is 15.1 Å². The second kappa shape index (κ2) is 7.90. The summed E-state index contributed by atoms with van der Waals surface area (Å²) in [5.41, 5.74) is 2.06. The van der Waals surface area contributed by atoms with Crippen LogP contribution in [0.25, 0.3) is 0 Å². The second-order valence-corrected chi connectivity index (χ2v) is 6.67. The number of rotatable bonds is 3. The number of benzene rings is 2. The van der Waals surface area contributed by atoms with Crippen LogP contribution in [0.4, 0.5) is 23.7 Å². The summed E-state index contributed by atoms with van der Waals surface area (Å²) in [4.78, 5) is 15.9. The second-order valence-electron chi connectivity index (χ2n) is 6.67. The molecular weight excluding hydrogens is 355 g/mol. The predicted molar refractivity (Wildman–Crippen MR) is 98.6 cm³/mol. The Morgan fingerprint density at radius 1 is 1.04 bits per heavy atom. The minimum Gasteiger partial charge on any atom is -0.368 e. The maximum absolute atomic E-state index is 12.9. The topological polar surface area (TPSA) is 35.6 Å². The normalized spacial score (nSPS) is 15.0. The molecule has 1 N–H and O–H groups in total. The Morgan fingerprint density at radius 2 is 1.70 bits per heavy atom. The number of hydrogen-bond donors (Lipinski definition) is 1. The van der Waals surface area contributed by atoms with E-state index in [4.69, 9.17) is 0 Å². The van der Waals surface area contributed by atoms with Crippen molar-refractivity contribution >= 4 is 11.7 Å². The van der Waals surface area contributed by atoms with Crippen molar-refractivity contribution in [3.63, 3.8) is 0 Å². The standard InChI is InChI=1S/C20H22F3N3O/c1-15-5-7-16(8-6-15)14-24-19(27)26-11-9-25(10-12-26)18-4-2-3-17(13-18)20(21,22)23/h2-8,13H,9-12,14H2,1H3,(H,24,27). The minimum atomic E-state index is -4.35. The van der Waals surface area contributed by atoms with Crippen molar-refractivity contribution in [2.45, 2.75) is 19.6 Å². The van der Waals surface area contributed by atoms with Crippen LogP contribution in [0.1, 0.15) is 16.7 Å². The SMILES string of the molecule is Cc1ccc(CNC(=O)N2CCN(c3cccc(C(F)(F)F)c3)CC2)cc1. The average Bonchev–Trinajstić information content (AvgIpc) is 2.67. The number of nitrogens with zero attached hydrogens (tertiary/aromatic N) is 2. The molecular formula is C20H22F3N3O. The molecule has 1 aliphatic rings. The first-order valence-electron chi connectivity index (χ1n) is 8.83. The molecule has 1 heterocycles. The summed E-state index contributed by atoms with van der Waals surface area (Å²) in [6.07, 6.45) is -4.35. The van der Waals surface area contributed by atoms with Gasteiger partial charge in [0.1, 0.15) is 0 Å². The third kappa shape index (κ3) is 4.93. The molecule has 1 fully saturated rings. The first kappa shape index (κ1) is 19.1. The fourth-order valence-corrected chi connectivity index (χ4v) is 3.04. The highest BCUT2D eigenvalue weighted by Gasteiger charge is 2.31. The average molecular weight is 377 g/mol. The maximum atomic E-state index is 12.9. The lowest BCUT2D eigenvalue weighted by atomic mass is 10.1. The van der Waals surface area contributed by atoms with Crippen molar-refractivity contribution in [1.82, 2.24) is 10.2 Å². The molecule has 0 aliphatic carbocycles. The lowest BCUT2D eigenvalue weighted by Crippen LogP contribution is -2.51. The zero-order valence-electron chi connectivity index (χ0n) is 15.1. The van der Waals surface area contributed by atoms with Gasteiger partial charge in [-0.2, -0.15) is 13.2 Å². The first-order chi connectivity index (χ1) is 12.8. The number of alkyl halides is 3. The van der Waals surface area contributed by atoms with Gasteiger partial charge in [-0.05, 0) is 30.7 Å². The number of carbonyl (C=O) groups excluding carboxylic acids is 1. The Labute approximate surface area is 156 Å². The lowest BCUT2D eigenvalue weighted by molar-refractivity contribution is -0.137. The van der Waals surface area contributed by atoms with Crippen molar-refractivity contribution in [3.05, 3.63) is 65.2 Å². The Bertz CT molecular complexity index is 782. The van der Waals surface area contributed by atoms with Gasteiger partial charge in [-0.25, -0.2) is 4.79 Å². The molecule has 0 spiro atoms. The molecule has 0 aromatic heterocycles. The molecule has 4 nitrogen and oxygen atoms in total. The van der Waals surface area contributed by atoms with Gasteiger partial charge >= 0.3 is 12.2 Å². The third-order valence-electron chi connectivity index (χ3n) is 4.67. The van der Waals surface area contributed by atoms with Crippen LogP contribution in [0.5, 0.6) is 0 Å². The summed E-state index contributed by atoms with van der Waals surface area (Å²) in [7, 11) is 0. The van der Waals surface area contributed by atoms with Gasteiger partial charge in [0.05, 0.1) is 5.56 Å². The van der Waals surface area contributed by atoms with E-state index in [9.17, 15) is 18.0 Å². The van der Waals surface area contributed by atoms with Crippen LogP contribution in [-0.2, 0) is 12.7 Å². The van der Waals surface area contributed by atoms with Crippen LogP contribution in [0.15, 0.2) is 48.5 Å². The van der Waals surface area contributed by atoms with E-state index in [1.165, 1.54) is 6.07 Å². The molecule has 0 atom stereocenters. The van der Waals surface area contributed by atoms with Crippen LogP contribution >= 0.6 is 0 Å². The lowest BCUT2D eigenvalue weighted by Gasteiger charge is -2.36. The zero-order valence-corrected chi connectivity index (χ0v) is 15.1. The van der Waals surface area contributed by atoms with Gasteiger partial charge in [0.2, 0.25) is 0 Å². The molecule has 2 amide bonds. The number of piperazine rings is 1. The number of anilines is 1. The molecule has 0 saturated carbocycles. The van der Waals surface area contributed by atoms with Crippen LogP contribution < -0.4 is 10.2 Å². The molecule has 2 aromatic carbocycles. The number of nitrogens with one attached hydrogen (secondary N) is 1. The van der Waals surface area contributed by atoms with E-state index < -0.39 is 11.7 Å². The summed E-state index contributed by atoms with van der Waals surface area (Å²) in [6.45, 7) is 4.39. The number of urea groups is 1. The van der Waals surface area contributed by atoms with Gasteiger partial charge in [-0.3, -0.25) is 0 Å². The Balaban J connectivity index is 1.52. The Morgan fingerprint density at radius 3 is 2.33 bits per heavy atom. The van der Waals surface area contributed by atoms with Gasteiger partial charge in [0.15, 0.2) is 0 Å². The third-order valence-corrected chi connectivity index (χ3v) is 4.67. The van der Waals surface area contributed by atoms with E-state index >= 15 is 0 Å². The van der Waals surface area contributed by atoms with E-state index in [1.54, 1.807) is 11.0 Å². The molecule has 0 radical (unpaired) electrons. The largest absolute Gasteiger partial charge is 0.416 e. The summed E-state index contributed by atoms with van der Waals surface area (Å²) >= 11 is 0. The quantitative estimate of drug-likeness (QED) is 0.876. The van der Waals surface area contributed by atoms with E-state index in [2.05, 4.69) is 5.32 Å². The summed E-state index contributed by atoms with van der Waals surface area (Å²) in [5, 5.41) is 2.89. The van der Waals surface area contributed by atoms with Gasteiger partial charge in [0, 0.05) is 38.4 Å². The fourth-order valence-electron chi connectivity index (χ4n) is 3.04. The molecule has 0 bridgehead atoms. The molecule has 7 heteroatoms. The molecule has 0 unspecified atom stereocenters. The van der Waals surface area contributed by atoms with E-state index in [0.29, 0.717) is 38.4 Å². The predicted octanol–water partition coefficient (Wildman–Crippen LogP) is 4.05. The fraction of sp³-hybridized carbons (Fsp3) is 0.350. The Kier molecular flexibility index (Phi) is 5.58. The van der Waals surface area contributed by atoms with Crippen molar-refractivity contribution < 1.29 is 18.0 Å². The minimum absolute atomic E-state index is 0.153. The van der Waals surface area contributed by atoms with E-state index in [1.807, 2.05) is 36.1 Å². The number of aryl methyl sites for hydroxylation is 1. The number of amides is 2. The molecule has 1 aliphatic heterocycles. The Hall–Kier alpha value is -2.70. The van der Waals surface area contributed by atoms with Crippen molar-refractivity contribution in [3.8, 4) is 0 Å². The highest BCUT2D eigenvalue weighted by molar-refractivity contribution is 5.74. The zero-order chi connectivity index (χ0) is 19.4. The molecule has 1 saturated heterocycles. The molecule has 27 heavy (non-hydrogen) atoms. The smallest absolute Gasteiger partial charge is 0.368 e. The molecule has 2 aromatic rings.